The van der Waals surface area contributed by atoms with Crippen LogP contribution in [0, 0.1) is 10.1 Å². The lowest BCUT2D eigenvalue weighted by molar-refractivity contribution is -0.384. The zero-order chi connectivity index (χ0) is 11.5. The van der Waals surface area contributed by atoms with E-state index in [1.165, 1.54) is 12.1 Å². The Balaban J connectivity index is 2.14. The van der Waals surface area contributed by atoms with Gasteiger partial charge < -0.3 is 4.84 Å². The summed E-state index contributed by atoms with van der Waals surface area (Å²) in [5, 5.41) is 14.4. The average Bonchev–Trinajstić information content (AvgIpc) is 2.77. The Labute approximate surface area is 96.8 Å². The number of hydrogen-bond donors (Lipinski definition) is 0. The monoisotopic (exact) mass is 240 g/mol. The minimum Gasteiger partial charge on any atom is -0.391 e. The highest BCUT2D eigenvalue weighted by molar-refractivity contribution is 6.18. The minimum absolute atomic E-state index is 0.0668. The summed E-state index contributed by atoms with van der Waals surface area (Å²) < 4.78 is 0. The Morgan fingerprint density at radius 2 is 2.19 bits per heavy atom. The summed E-state index contributed by atoms with van der Waals surface area (Å²) in [6, 6.07) is 6.23. The fourth-order valence-electron chi connectivity index (χ4n) is 1.46. The SMILES string of the molecule is O=[N+]([O-])c1ccc(C2=NO[C@H](CCl)C2)cc1. The predicted molar refractivity (Wildman–Crippen MR) is 59.8 cm³/mol. The lowest BCUT2D eigenvalue weighted by atomic mass is 10.1. The summed E-state index contributed by atoms with van der Waals surface area (Å²) in [7, 11) is 0. The highest BCUT2D eigenvalue weighted by Gasteiger charge is 2.21. The zero-order valence-electron chi connectivity index (χ0n) is 8.30. The molecule has 0 aromatic heterocycles. The van der Waals surface area contributed by atoms with Gasteiger partial charge in [-0.05, 0) is 17.7 Å². The van der Waals surface area contributed by atoms with Crippen LogP contribution in [0.5, 0.6) is 0 Å². The molecule has 0 spiro atoms. The summed E-state index contributed by atoms with van der Waals surface area (Å²) in [4.78, 5) is 15.1. The predicted octanol–water partition coefficient (Wildman–Crippen LogP) is 2.33. The van der Waals surface area contributed by atoms with Gasteiger partial charge in [-0.2, -0.15) is 0 Å². The number of halogens is 1. The Morgan fingerprint density at radius 1 is 1.50 bits per heavy atom. The molecule has 0 radical (unpaired) electrons. The Hall–Kier alpha value is -1.62. The highest BCUT2D eigenvalue weighted by atomic mass is 35.5. The van der Waals surface area contributed by atoms with E-state index in [-0.39, 0.29) is 11.8 Å². The van der Waals surface area contributed by atoms with Crippen molar-refractivity contribution >= 4 is 23.0 Å². The van der Waals surface area contributed by atoms with E-state index < -0.39 is 4.92 Å². The molecule has 0 saturated carbocycles. The van der Waals surface area contributed by atoms with Gasteiger partial charge in [0, 0.05) is 18.6 Å². The fourth-order valence-corrected chi connectivity index (χ4v) is 1.62. The normalized spacial score (nSPS) is 19.1. The molecule has 0 N–H and O–H groups in total. The minimum atomic E-state index is -0.432. The van der Waals surface area contributed by atoms with Gasteiger partial charge in [-0.1, -0.05) is 5.16 Å². The van der Waals surface area contributed by atoms with Crippen LogP contribution in [0.15, 0.2) is 29.4 Å². The van der Waals surface area contributed by atoms with Gasteiger partial charge in [0.1, 0.15) is 6.10 Å². The molecule has 1 aromatic carbocycles. The van der Waals surface area contributed by atoms with E-state index >= 15 is 0 Å². The van der Waals surface area contributed by atoms with Crippen molar-refractivity contribution in [1.29, 1.82) is 0 Å². The molecule has 16 heavy (non-hydrogen) atoms. The average molecular weight is 241 g/mol. The van der Waals surface area contributed by atoms with Crippen molar-refractivity contribution in [3.8, 4) is 0 Å². The number of nitrogens with zero attached hydrogens (tertiary/aromatic N) is 2. The van der Waals surface area contributed by atoms with Gasteiger partial charge in [-0.15, -0.1) is 11.6 Å². The van der Waals surface area contributed by atoms with Gasteiger partial charge in [0.2, 0.25) is 0 Å². The van der Waals surface area contributed by atoms with E-state index in [1.54, 1.807) is 12.1 Å². The van der Waals surface area contributed by atoms with Crippen LogP contribution < -0.4 is 0 Å². The van der Waals surface area contributed by atoms with E-state index in [1.807, 2.05) is 0 Å². The molecule has 1 aromatic rings. The second-order valence-corrected chi connectivity index (χ2v) is 3.74. The molecule has 1 aliphatic heterocycles. The summed E-state index contributed by atoms with van der Waals surface area (Å²) in [5.74, 6) is 0.389. The molecular formula is C10H9ClN2O3. The largest absolute Gasteiger partial charge is 0.391 e. The standard InChI is InChI=1S/C10H9ClN2O3/c11-6-9-5-10(12-16-9)7-1-3-8(4-2-7)13(14)15/h1-4,9H,5-6H2/t9-/m0/s1. The zero-order valence-corrected chi connectivity index (χ0v) is 9.05. The van der Waals surface area contributed by atoms with Gasteiger partial charge in [-0.3, -0.25) is 10.1 Å². The number of benzene rings is 1. The van der Waals surface area contributed by atoms with Crippen molar-refractivity contribution in [2.24, 2.45) is 5.16 Å². The molecule has 0 unspecified atom stereocenters. The van der Waals surface area contributed by atoms with Crippen molar-refractivity contribution < 1.29 is 9.76 Å². The summed E-state index contributed by atoms with van der Waals surface area (Å²) in [6.07, 6.45) is 0.549. The first-order chi connectivity index (χ1) is 7.70. The first-order valence-corrected chi connectivity index (χ1v) is 5.27. The Kier molecular flexibility index (Phi) is 3.05. The molecule has 6 heteroatoms. The highest BCUT2D eigenvalue weighted by Crippen LogP contribution is 2.19. The number of oxime groups is 1. The topological polar surface area (TPSA) is 64.7 Å². The lowest BCUT2D eigenvalue weighted by Crippen LogP contribution is -2.09. The number of nitro benzene ring substituents is 1. The summed E-state index contributed by atoms with van der Waals surface area (Å²) >= 11 is 5.64. The third-order valence-corrected chi connectivity index (χ3v) is 2.66. The molecule has 1 aliphatic rings. The summed E-state index contributed by atoms with van der Waals surface area (Å²) in [5.41, 5.74) is 1.68. The lowest BCUT2D eigenvalue weighted by Gasteiger charge is -2.00. The van der Waals surface area contributed by atoms with Gasteiger partial charge in [0.15, 0.2) is 0 Å². The molecule has 0 amide bonds. The maximum Gasteiger partial charge on any atom is 0.269 e. The number of non-ortho nitro benzene ring substituents is 1. The van der Waals surface area contributed by atoms with Crippen molar-refractivity contribution in [1.82, 2.24) is 0 Å². The first-order valence-electron chi connectivity index (χ1n) is 4.74. The third kappa shape index (κ3) is 2.14. The van der Waals surface area contributed by atoms with E-state index in [2.05, 4.69) is 5.16 Å². The van der Waals surface area contributed by atoms with Gasteiger partial charge >= 0.3 is 0 Å². The molecule has 0 saturated heterocycles. The van der Waals surface area contributed by atoms with Crippen LogP contribution in [0.4, 0.5) is 5.69 Å². The van der Waals surface area contributed by atoms with E-state index in [9.17, 15) is 10.1 Å². The number of alkyl halides is 1. The Morgan fingerprint density at radius 3 is 2.69 bits per heavy atom. The van der Waals surface area contributed by atoms with Crippen molar-refractivity contribution in [3.63, 3.8) is 0 Å². The number of hydrogen-bond acceptors (Lipinski definition) is 4. The first kappa shape index (κ1) is 10.9. The molecule has 1 atom stereocenters. The molecular weight excluding hydrogens is 232 g/mol. The summed E-state index contributed by atoms with van der Waals surface area (Å²) in [6.45, 7) is 0. The van der Waals surface area contributed by atoms with Gasteiger partial charge in [0.25, 0.3) is 5.69 Å². The van der Waals surface area contributed by atoms with E-state index in [4.69, 9.17) is 16.4 Å². The molecule has 84 valence electrons. The third-order valence-electron chi connectivity index (χ3n) is 2.32. The smallest absolute Gasteiger partial charge is 0.269 e. The number of nitro groups is 1. The van der Waals surface area contributed by atoms with Crippen LogP contribution in [0.2, 0.25) is 0 Å². The molecule has 2 rings (SSSR count). The van der Waals surface area contributed by atoms with Crippen LogP contribution in [0.3, 0.4) is 0 Å². The van der Waals surface area contributed by atoms with Crippen LogP contribution in [-0.2, 0) is 4.84 Å². The van der Waals surface area contributed by atoms with E-state index in [0.29, 0.717) is 12.3 Å². The van der Waals surface area contributed by atoms with Crippen LogP contribution >= 0.6 is 11.6 Å². The number of rotatable bonds is 3. The van der Waals surface area contributed by atoms with Crippen molar-refractivity contribution in [2.45, 2.75) is 12.5 Å². The molecule has 0 fully saturated rings. The molecule has 0 bridgehead atoms. The van der Waals surface area contributed by atoms with Crippen LogP contribution in [0.25, 0.3) is 0 Å². The van der Waals surface area contributed by atoms with Crippen molar-refractivity contribution in [3.05, 3.63) is 39.9 Å². The molecule has 5 nitrogen and oxygen atoms in total. The van der Waals surface area contributed by atoms with Gasteiger partial charge in [0.05, 0.1) is 16.5 Å². The quantitative estimate of drug-likeness (QED) is 0.463. The molecule has 0 aliphatic carbocycles. The Bertz CT molecular complexity index is 430. The second-order valence-electron chi connectivity index (χ2n) is 3.43. The van der Waals surface area contributed by atoms with Crippen LogP contribution in [0.1, 0.15) is 12.0 Å². The van der Waals surface area contributed by atoms with E-state index in [0.717, 1.165) is 11.3 Å². The maximum atomic E-state index is 10.5. The van der Waals surface area contributed by atoms with Gasteiger partial charge in [-0.25, -0.2) is 0 Å². The van der Waals surface area contributed by atoms with Crippen molar-refractivity contribution in [2.75, 3.05) is 5.88 Å². The maximum absolute atomic E-state index is 10.5. The fraction of sp³-hybridized carbons (Fsp3) is 0.300. The second kappa shape index (κ2) is 4.49. The van der Waals surface area contributed by atoms with Crippen LogP contribution in [-0.4, -0.2) is 22.6 Å². The molecule has 1 heterocycles.